The van der Waals surface area contributed by atoms with Crippen LogP contribution < -0.4 is 9.47 Å². The molecule has 3 rings (SSSR count). The SMILES string of the molecule is Cc1ccc(CC(Br)c2cccc3c2OCCO3)nc1. The van der Waals surface area contributed by atoms with Gasteiger partial charge in [0.25, 0.3) is 0 Å². The van der Waals surface area contributed by atoms with Gasteiger partial charge in [-0.15, -0.1) is 0 Å². The molecule has 2 heterocycles. The summed E-state index contributed by atoms with van der Waals surface area (Å²) in [6, 6.07) is 10.2. The monoisotopic (exact) mass is 333 g/mol. The summed E-state index contributed by atoms with van der Waals surface area (Å²) >= 11 is 3.74. The van der Waals surface area contributed by atoms with Gasteiger partial charge < -0.3 is 9.47 Å². The Bertz CT molecular complexity index is 598. The first-order valence-electron chi connectivity index (χ1n) is 6.68. The van der Waals surface area contributed by atoms with Crippen LogP contribution in [0, 0.1) is 6.92 Å². The summed E-state index contributed by atoms with van der Waals surface area (Å²) in [5, 5.41) is 0. The summed E-state index contributed by atoms with van der Waals surface area (Å²) in [5.74, 6) is 1.68. The van der Waals surface area contributed by atoms with Crippen LogP contribution in [-0.4, -0.2) is 18.2 Å². The molecule has 0 aliphatic carbocycles. The Morgan fingerprint density at radius 2 is 2.05 bits per heavy atom. The molecule has 0 N–H and O–H groups in total. The highest BCUT2D eigenvalue weighted by Gasteiger charge is 2.20. The van der Waals surface area contributed by atoms with Gasteiger partial charge in [-0.2, -0.15) is 0 Å². The Kier molecular flexibility index (Phi) is 3.92. The summed E-state index contributed by atoms with van der Waals surface area (Å²) < 4.78 is 11.4. The van der Waals surface area contributed by atoms with E-state index in [0.29, 0.717) is 13.2 Å². The van der Waals surface area contributed by atoms with Crippen LogP contribution in [0.4, 0.5) is 0 Å². The molecule has 0 saturated heterocycles. The lowest BCUT2D eigenvalue weighted by Gasteiger charge is -2.22. The lowest BCUT2D eigenvalue weighted by Crippen LogP contribution is -2.17. The first kappa shape index (κ1) is 13.4. The van der Waals surface area contributed by atoms with Crippen molar-refractivity contribution in [3.05, 3.63) is 53.3 Å². The van der Waals surface area contributed by atoms with E-state index in [2.05, 4.69) is 39.1 Å². The molecule has 0 fully saturated rings. The van der Waals surface area contributed by atoms with Gasteiger partial charge >= 0.3 is 0 Å². The fraction of sp³-hybridized carbons (Fsp3) is 0.312. The van der Waals surface area contributed by atoms with Gasteiger partial charge in [0.2, 0.25) is 0 Å². The highest BCUT2D eigenvalue weighted by molar-refractivity contribution is 9.09. The molecule has 1 aromatic heterocycles. The van der Waals surface area contributed by atoms with Crippen molar-refractivity contribution in [3.8, 4) is 11.5 Å². The largest absolute Gasteiger partial charge is 0.486 e. The lowest BCUT2D eigenvalue weighted by molar-refractivity contribution is 0.170. The lowest BCUT2D eigenvalue weighted by atomic mass is 10.1. The van der Waals surface area contributed by atoms with E-state index in [9.17, 15) is 0 Å². The molecule has 0 spiro atoms. The van der Waals surface area contributed by atoms with Gasteiger partial charge in [0.05, 0.1) is 0 Å². The summed E-state index contributed by atoms with van der Waals surface area (Å²) in [7, 11) is 0. The van der Waals surface area contributed by atoms with Crippen LogP contribution in [0.3, 0.4) is 0 Å². The van der Waals surface area contributed by atoms with Gasteiger partial charge in [0.15, 0.2) is 11.5 Å². The molecular weight excluding hydrogens is 318 g/mol. The number of rotatable bonds is 3. The van der Waals surface area contributed by atoms with E-state index >= 15 is 0 Å². The van der Waals surface area contributed by atoms with Crippen molar-refractivity contribution in [1.29, 1.82) is 0 Å². The zero-order chi connectivity index (χ0) is 13.9. The van der Waals surface area contributed by atoms with Crippen molar-refractivity contribution in [2.45, 2.75) is 18.2 Å². The third-order valence-electron chi connectivity index (χ3n) is 3.30. The zero-order valence-corrected chi connectivity index (χ0v) is 12.9. The Morgan fingerprint density at radius 1 is 1.20 bits per heavy atom. The van der Waals surface area contributed by atoms with Crippen molar-refractivity contribution in [2.24, 2.45) is 0 Å². The third kappa shape index (κ3) is 2.80. The summed E-state index contributed by atoms with van der Waals surface area (Å²) in [6.07, 6.45) is 2.72. The van der Waals surface area contributed by atoms with E-state index in [1.807, 2.05) is 25.3 Å². The topological polar surface area (TPSA) is 31.4 Å². The maximum Gasteiger partial charge on any atom is 0.165 e. The molecule has 1 aromatic carbocycles. The number of halogens is 1. The molecule has 0 amide bonds. The van der Waals surface area contributed by atoms with E-state index in [4.69, 9.17) is 9.47 Å². The Hall–Kier alpha value is -1.55. The van der Waals surface area contributed by atoms with Gasteiger partial charge in [0, 0.05) is 28.7 Å². The number of alkyl halides is 1. The molecule has 3 nitrogen and oxygen atoms in total. The molecule has 104 valence electrons. The van der Waals surface area contributed by atoms with Crippen molar-refractivity contribution >= 4 is 15.9 Å². The predicted molar refractivity (Wildman–Crippen MR) is 81.8 cm³/mol. The Balaban J connectivity index is 1.83. The smallest absolute Gasteiger partial charge is 0.165 e. The molecule has 1 aliphatic heterocycles. The van der Waals surface area contributed by atoms with Crippen LogP contribution in [0.25, 0.3) is 0 Å². The van der Waals surface area contributed by atoms with Crippen LogP contribution in [-0.2, 0) is 6.42 Å². The third-order valence-corrected chi connectivity index (χ3v) is 4.11. The molecule has 0 saturated carbocycles. The molecule has 2 aromatic rings. The summed E-state index contributed by atoms with van der Waals surface area (Å²) in [5.41, 5.74) is 3.35. The number of hydrogen-bond acceptors (Lipinski definition) is 3. The van der Waals surface area contributed by atoms with Crippen LogP contribution in [0.1, 0.15) is 21.6 Å². The van der Waals surface area contributed by atoms with Gasteiger partial charge in [-0.1, -0.05) is 34.1 Å². The number of fused-ring (bicyclic) bond motifs is 1. The fourth-order valence-corrected chi connectivity index (χ4v) is 2.95. The Labute approximate surface area is 127 Å². The number of aryl methyl sites for hydroxylation is 1. The quantitative estimate of drug-likeness (QED) is 0.799. The van der Waals surface area contributed by atoms with Crippen LogP contribution in [0.2, 0.25) is 0 Å². The number of pyridine rings is 1. The van der Waals surface area contributed by atoms with E-state index in [1.54, 1.807) is 0 Å². The van der Waals surface area contributed by atoms with Crippen LogP contribution in [0.15, 0.2) is 36.5 Å². The fourth-order valence-electron chi connectivity index (χ4n) is 2.26. The highest BCUT2D eigenvalue weighted by Crippen LogP contribution is 2.40. The van der Waals surface area contributed by atoms with Gasteiger partial charge in [-0.25, -0.2) is 0 Å². The molecule has 4 heteroatoms. The molecule has 0 radical (unpaired) electrons. The average molecular weight is 334 g/mol. The van der Waals surface area contributed by atoms with Crippen molar-refractivity contribution in [1.82, 2.24) is 4.98 Å². The first-order valence-corrected chi connectivity index (χ1v) is 7.60. The number of ether oxygens (including phenoxy) is 2. The molecular formula is C16H16BrNO2. The van der Waals surface area contributed by atoms with Crippen molar-refractivity contribution in [2.75, 3.05) is 13.2 Å². The second kappa shape index (κ2) is 5.83. The zero-order valence-electron chi connectivity index (χ0n) is 11.3. The van der Waals surface area contributed by atoms with Gasteiger partial charge in [-0.3, -0.25) is 4.98 Å². The summed E-state index contributed by atoms with van der Waals surface area (Å²) in [4.78, 5) is 4.62. The minimum Gasteiger partial charge on any atom is -0.486 e. The maximum atomic E-state index is 5.76. The predicted octanol–water partition coefficient (Wildman–Crippen LogP) is 3.84. The van der Waals surface area contributed by atoms with Crippen molar-refractivity contribution < 1.29 is 9.47 Å². The molecule has 0 bridgehead atoms. The van der Waals surface area contributed by atoms with Gasteiger partial charge in [-0.05, 0) is 24.6 Å². The summed E-state index contributed by atoms with van der Waals surface area (Å²) in [6.45, 7) is 3.26. The number of aromatic nitrogens is 1. The molecule has 1 unspecified atom stereocenters. The number of para-hydroxylation sites is 1. The minimum atomic E-state index is 0.161. The minimum absolute atomic E-state index is 0.161. The normalized spacial score (nSPS) is 14.9. The Morgan fingerprint density at radius 3 is 2.85 bits per heavy atom. The van der Waals surface area contributed by atoms with Crippen LogP contribution >= 0.6 is 15.9 Å². The molecule has 1 atom stereocenters. The maximum absolute atomic E-state index is 5.76. The molecule has 20 heavy (non-hydrogen) atoms. The van der Waals surface area contributed by atoms with E-state index < -0.39 is 0 Å². The average Bonchev–Trinajstić information content (AvgIpc) is 2.49. The van der Waals surface area contributed by atoms with Gasteiger partial charge in [0.1, 0.15) is 13.2 Å². The van der Waals surface area contributed by atoms with E-state index in [1.165, 1.54) is 5.56 Å². The highest BCUT2D eigenvalue weighted by atomic mass is 79.9. The number of benzene rings is 1. The number of hydrogen-bond donors (Lipinski definition) is 0. The second-order valence-corrected chi connectivity index (χ2v) is 5.98. The van der Waals surface area contributed by atoms with Crippen LogP contribution in [0.5, 0.6) is 11.5 Å². The second-order valence-electron chi connectivity index (χ2n) is 4.87. The van der Waals surface area contributed by atoms with Crippen molar-refractivity contribution in [3.63, 3.8) is 0 Å². The molecule has 1 aliphatic rings. The number of nitrogens with zero attached hydrogens (tertiary/aromatic N) is 1. The van der Waals surface area contributed by atoms with E-state index in [-0.39, 0.29) is 4.83 Å². The standard InChI is InChI=1S/C16H16BrNO2/c1-11-5-6-12(18-10-11)9-14(17)13-3-2-4-15-16(13)20-8-7-19-15/h2-6,10,14H,7-9H2,1H3. The van der Waals surface area contributed by atoms with E-state index in [0.717, 1.165) is 29.2 Å². The first-order chi connectivity index (χ1) is 9.74.